The van der Waals surface area contributed by atoms with Gasteiger partial charge >= 0.3 is 0 Å². The summed E-state index contributed by atoms with van der Waals surface area (Å²) in [5, 5.41) is 24.0. The van der Waals surface area contributed by atoms with Crippen LogP contribution in [0.2, 0.25) is 0 Å². The van der Waals surface area contributed by atoms with Gasteiger partial charge in [-0.15, -0.1) is 5.10 Å². The Balaban J connectivity index is 1.12. The summed E-state index contributed by atoms with van der Waals surface area (Å²) in [6.07, 6.45) is 5.86. The number of methoxy groups -OCH3 is 1. The van der Waals surface area contributed by atoms with Gasteiger partial charge in [0.25, 0.3) is 0 Å². The highest BCUT2D eigenvalue weighted by molar-refractivity contribution is 5.70. The van der Waals surface area contributed by atoms with Gasteiger partial charge in [0.2, 0.25) is 5.95 Å². The molecule has 1 atom stereocenters. The van der Waals surface area contributed by atoms with Gasteiger partial charge in [-0.3, -0.25) is 4.90 Å². The lowest BCUT2D eigenvalue weighted by molar-refractivity contribution is -0.0625. The van der Waals surface area contributed by atoms with Crippen LogP contribution in [0.25, 0.3) is 11.1 Å². The minimum absolute atomic E-state index is 0.258. The number of nitrogens with zero attached hydrogens (tertiary/aromatic N) is 9. The van der Waals surface area contributed by atoms with Crippen molar-refractivity contribution in [2.75, 3.05) is 56.7 Å². The van der Waals surface area contributed by atoms with Gasteiger partial charge in [0.15, 0.2) is 0 Å². The van der Waals surface area contributed by atoms with Gasteiger partial charge in [-0.2, -0.15) is 5.26 Å². The fourth-order valence-electron chi connectivity index (χ4n) is 5.31. The Morgan fingerprint density at radius 3 is 2.63 bits per heavy atom. The summed E-state index contributed by atoms with van der Waals surface area (Å²) in [5.74, 6) is 1.65. The highest BCUT2D eigenvalue weighted by Crippen LogP contribution is 2.33. The highest BCUT2D eigenvalue weighted by atomic mass is 16.5. The maximum Gasteiger partial charge on any atom is 0.227 e. The molecule has 43 heavy (non-hydrogen) atoms. The summed E-state index contributed by atoms with van der Waals surface area (Å²) < 4.78 is 18.8. The molecule has 0 amide bonds. The number of nitriles is 1. The van der Waals surface area contributed by atoms with Crippen molar-refractivity contribution in [3.63, 3.8) is 0 Å². The minimum Gasteiger partial charge on any atom is -0.494 e. The number of benzene rings is 2. The zero-order valence-electron chi connectivity index (χ0n) is 24.3. The summed E-state index contributed by atoms with van der Waals surface area (Å²) >= 11 is 0. The molecule has 0 unspecified atom stereocenters. The largest absolute Gasteiger partial charge is 0.494 e. The van der Waals surface area contributed by atoms with Crippen molar-refractivity contribution >= 4 is 17.3 Å². The van der Waals surface area contributed by atoms with Gasteiger partial charge < -0.3 is 24.4 Å². The minimum atomic E-state index is -0.258. The predicted molar refractivity (Wildman–Crippen MR) is 159 cm³/mol. The van der Waals surface area contributed by atoms with Crippen LogP contribution < -0.4 is 19.7 Å². The van der Waals surface area contributed by atoms with Gasteiger partial charge in [-0.25, -0.2) is 14.6 Å². The Bertz CT molecular complexity index is 1550. The monoisotopic (exact) mass is 582 g/mol. The zero-order chi connectivity index (χ0) is 29.6. The van der Waals surface area contributed by atoms with E-state index in [-0.39, 0.29) is 6.10 Å². The van der Waals surface area contributed by atoms with E-state index in [0.29, 0.717) is 29.8 Å². The number of nitrogens with one attached hydrogen (secondary N) is 1. The van der Waals surface area contributed by atoms with E-state index in [9.17, 15) is 5.26 Å². The van der Waals surface area contributed by atoms with E-state index in [1.54, 1.807) is 30.3 Å². The molecule has 2 fully saturated rings. The topological polar surface area (TPSA) is 139 Å². The van der Waals surface area contributed by atoms with Gasteiger partial charge in [0.05, 0.1) is 44.2 Å². The fraction of sp³-hybridized carbons (Fsp3) is 0.400. The van der Waals surface area contributed by atoms with E-state index in [4.69, 9.17) is 14.2 Å². The van der Waals surface area contributed by atoms with Crippen LogP contribution in [0.5, 0.6) is 11.5 Å². The number of rotatable bonds is 10. The molecule has 2 aliphatic heterocycles. The molecule has 2 aliphatic rings. The van der Waals surface area contributed by atoms with E-state index in [1.807, 2.05) is 25.1 Å². The molecule has 0 bridgehead atoms. The van der Waals surface area contributed by atoms with Gasteiger partial charge in [0, 0.05) is 55.9 Å². The number of anilines is 3. The van der Waals surface area contributed by atoms with Crippen LogP contribution in [-0.2, 0) is 11.3 Å². The molecule has 13 nitrogen and oxygen atoms in total. The third-order valence-electron chi connectivity index (χ3n) is 7.72. The number of hydrogen-bond donors (Lipinski definition) is 1. The van der Waals surface area contributed by atoms with Crippen molar-refractivity contribution in [3.05, 3.63) is 60.7 Å². The summed E-state index contributed by atoms with van der Waals surface area (Å²) in [6.45, 7) is 8.15. The Hall–Kier alpha value is -4.80. The maximum absolute atomic E-state index is 9.59. The van der Waals surface area contributed by atoms with Crippen LogP contribution in [0.1, 0.15) is 18.9 Å². The van der Waals surface area contributed by atoms with Gasteiger partial charge in [-0.05, 0) is 53.6 Å². The van der Waals surface area contributed by atoms with E-state index >= 15 is 0 Å². The average molecular weight is 583 g/mol. The molecule has 4 aromatic rings. The first-order chi connectivity index (χ1) is 21.1. The van der Waals surface area contributed by atoms with Crippen LogP contribution in [0.3, 0.4) is 0 Å². The van der Waals surface area contributed by atoms with Crippen molar-refractivity contribution < 1.29 is 14.2 Å². The highest BCUT2D eigenvalue weighted by Gasteiger charge is 2.27. The van der Waals surface area contributed by atoms with Crippen LogP contribution in [0, 0.1) is 11.3 Å². The Labute approximate surface area is 250 Å². The molecule has 2 saturated heterocycles. The number of aromatic nitrogens is 6. The fourth-order valence-corrected chi connectivity index (χ4v) is 5.31. The van der Waals surface area contributed by atoms with Crippen LogP contribution in [0.15, 0.2) is 55.1 Å². The molecule has 0 aliphatic carbocycles. The molecule has 0 radical (unpaired) electrons. The van der Waals surface area contributed by atoms with E-state index in [1.165, 1.54) is 6.33 Å². The predicted octanol–water partition coefficient (Wildman–Crippen LogP) is 3.13. The molecule has 6 rings (SSSR count). The second-order valence-electron chi connectivity index (χ2n) is 10.7. The smallest absolute Gasteiger partial charge is 0.227 e. The lowest BCUT2D eigenvalue weighted by Crippen LogP contribution is -2.50. The Morgan fingerprint density at radius 2 is 1.91 bits per heavy atom. The third-order valence-corrected chi connectivity index (χ3v) is 7.72. The molecule has 0 saturated carbocycles. The molecule has 0 spiro atoms. The number of hydrogen-bond acceptors (Lipinski definition) is 12. The molecule has 2 aromatic carbocycles. The van der Waals surface area contributed by atoms with Crippen LogP contribution >= 0.6 is 0 Å². The summed E-state index contributed by atoms with van der Waals surface area (Å²) in [7, 11) is 1.67. The summed E-state index contributed by atoms with van der Waals surface area (Å²) in [6, 6.07) is 14.4. The summed E-state index contributed by atoms with van der Waals surface area (Å²) in [4.78, 5) is 14.0. The Morgan fingerprint density at radius 1 is 1.05 bits per heavy atom. The van der Waals surface area contributed by atoms with Crippen molar-refractivity contribution in [2.45, 2.75) is 32.0 Å². The maximum atomic E-state index is 9.59. The molecule has 13 heteroatoms. The van der Waals surface area contributed by atoms with Crippen LogP contribution in [0.4, 0.5) is 17.3 Å². The lowest BCUT2D eigenvalue weighted by atomic mass is 10.1. The average Bonchev–Trinajstić information content (AvgIpc) is 3.39. The molecule has 2 aromatic heterocycles. The lowest BCUT2D eigenvalue weighted by Gasteiger charge is -2.36. The van der Waals surface area contributed by atoms with E-state index in [2.05, 4.69) is 58.8 Å². The first kappa shape index (κ1) is 28.3. The SMILES string of the molecule is COc1cc(N2CCCN(C3COC3)CC2)ccc1Nc1ncc(-c2ccc(C#N)c(O[C@@H](C)Cn3cnnn3)c2)cn1. The third kappa shape index (κ3) is 6.66. The summed E-state index contributed by atoms with van der Waals surface area (Å²) in [5.41, 5.74) is 3.98. The van der Waals surface area contributed by atoms with Gasteiger partial charge in [0.1, 0.15) is 30.0 Å². The second kappa shape index (κ2) is 13.0. The van der Waals surface area contributed by atoms with Crippen molar-refractivity contribution in [2.24, 2.45) is 0 Å². The normalized spacial score (nSPS) is 16.5. The first-order valence-electron chi connectivity index (χ1n) is 14.4. The van der Waals surface area contributed by atoms with Crippen molar-refractivity contribution in [1.82, 2.24) is 35.1 Å². The number of tetrazole rings is 1. The molecule has 222 valence electrons. The molecular weight excluding hydrogens is 548 g/mol. The van der Waals surface area contributed by atoms with Gasteiger partial charge in [-0.1, -0.05) is 6.07 Å². The zero-order valence-corrected chi connectivity index (χ0v) is 24.3. The number of ether oxygens (including phenoxy) is 3. The van der Waals surface area contributed by atoms with Crippen LogP contribution in [-0.4, -0.2) is 93.7 Å². The standard InChI is InChI=1S/C30H34N10O3/c1-21(17-40-20-34-36-37-40)43-28-12-22(4-5-23(28)14-31)24-15-32-30(33-16-24)35-27-7-6-25(13-29(27)41-2)38-8-3-9-39(11-10-38)26-18-42-19-26/h4-7,12-13,15-16,20-21,26H,3,8-11,17-19H2,1-2H3,(H,32,33,35)/t21-/m0/s1. The molecule has 1 N–H and O–H groups in total. The van der Waals surface area contributed by atoms with E-state index in [0.717, 1.165) is 74.1 Å². The van der Waals surface area contributed by atoms with Crippen molar-refractivity contribution in [3.8, 4) is 28.7 Å². The molecule has 4 heterocycles. The quantitative estimate of drug-likeness (QED) is 0.294. The molecular formula is C30H34N10O3. The second-order valence-corrected chi connectivity index (χ2v) is 10.7. The van der Waals surface area contributed by atoms with E-state index < -0.39 is 0 Å². The first-order valence-corrected chi connectivity index (χ1v) is 14.4. The Kier molecular flexibility index (Phi) is 8.57. The van der Waals surface area contributed by atoms with Crippen molar-refractivity contribution in [1.29, 1.82) is 5.26 Å².